The number of hydrogen-bond donors (Lipinski definition) is 4. The molecule has 8 N–H and O–H groups in total. The Kier molecular flexibility index (Phi) is 5.06. The fraction of sp³-hybridized carbons (Fsp3) is 0.111. The summed E-state index contributed by atoms with van der Waals surface area (Å²) in [6.07, 6.45) is 0. The summed E-state index contributed by atoms with van der Waals surface area (Å²) in [5, 5.41) is 0. The van der Waals surface area contributed by atoms with Gasteiger partial charge < -0.3 is 22.9 Å². The molecule has 2 aromatic rings. The zero-order valence-corrected chi connectivity index (χ0v) is 14.0. The van der Waals surface area contributed by atoms with Gasteiger partial charge in [-0.2, -0.15) is 0 Å². The van der Waals surface area contributed by atoms with Crippen molar-refractivity contribution in [3.8, 4) is 0 Å². The maximum absolute atomic E-state index is 11.8. The van der Waals surface area contributed by atoms with Crippen molar-refractivity contribution >= 4 is 23.6 Å². The van der Waals surface area contributed by atoms with Crippen molar-refractivity contribution < 1.29 is 19.2 Å². The quantitative estimate of drug-likeness (QED) is 0.582. The molecule has 0 aliphatic carbocycles. The highest BCUT2D eigenvalue weighted by Crippen LogP contribution is 2.31. The highest BCUT2D eigenvalue weighted by Gasteiger charge is 2.22. The first-order valence-electron chi connectivity index (χ1n) is 7.60. The molecule has 0 heterocycles. The summed E-state index contributed by atoms with van der Waals surface area (Å²) < 4.78 is 0. The molecule has 26 heavy (non-hydrogen) atoms. The van der Waals surface area contributed by atoms with Gasteiger partial charge in [0.2, 0.25) is 23.6 Å². The molecule has 0 fully saturated rings. The van der Waals surface area contributed by atoms with Gasteiger partial charge in [0, 0.05) is 28.2 Å². The Labute approximate surface area is 149 Å². The molecule has 0 unspecified atom stereocenters. The average molecular weight is 354 g/mol. The first-order valence-corrected chi connectivity index (χ1v) is 7.60. The lowest BCUT2D eigenvalue weighted by atomic mass is 9.84. The Morgan fingerprint density at radius 1 is 0.654 bits per heavy atom. The van der Waals surface area contributed by atoms with Crippen LogP contribution in [-0.2, 0) is 0 Å². The van der Waals surface area contributed by atoms with Gasteiger partial charge in [-0.3, -0.25) is 19.2 Å². The van der Waals surface area contributed by atoms with Crippen LogP contribution in [0.5, 0.6) is 0 Å². The van der Waals surface area contributed by atoms with Crippen LogP contribution in [0.4, 0.5) is 0 Å². The first-order chi connectivity index (χ1) is 12.1. The fourth-order valence-corrected chi connectivity index (χ4v) is 2.76. The van der Waals surface area contributed by atoms with E-state index in [2.05, 4.69) is 0 Å². The molecule has 0 aliphatic rings. The monoisotopic (exact) mass is 354 g/mol. The molecule has 0 radical (unpaired) electrons. The average Bonchev–Trinajstić information content (AvgIpc) is 2.59. The molecule has 8 nitrogen and oxygen atoms in total. The summed E-state index contributed by atoms with van der Waals surface area (Å²) in [4.78, 5) is 46.5. The maximum Gasteiger partial charge on any atom is 0.248 e. The van der Waals surface area contributed by atoms with E-state index in [1.807, 2.05) is 0 Å². The second-order valence-electron chi connectivity index (χ2n) is 5.78. The van der Waals surface area contributed by atoms with Crippen LogP contribution in [0.3, 0.4) is 0 Å². The van der Waals surface area contributed by atoms with E-state index in [-0.39, 0.29) is 22.3 Å². The van der Waals surface area contributed by atoms with Crippen LogP contribution < -0.4 is 22.9 Å². The normalized spacial score (nSPS) is 10.5. The fourth-order valence-electron chi connectivity index (χ4n) is 2.76. The molecule has 0 bridgehead atoms. The molecule has 8 heteroatoms. The Morgan fingerprint density at radius 3 is 1.27 bits per heavy atom. The lowest BCUT2D eigenvalue weighted by Crippen LogP contribution is -2.21. The van der Waals surface area contributed by atoms with Gasteiger partial charge in [0.15, 0.2) is 0 Å². The highest BCUT2D eigenvalue weighted by atomic mass is 16.2. The molecule has 134 valence electrons. The summed E-state index contributed by atoms with van der Waals surface area (Å²) in [6, 6.07) is 8.39. The predicted molar refractivity (Wildman–Crippen MR) is 94.5 cm³/mol. The topological polar surface area (TPSA) is 172 Å². The Morgan fingerprint density at radius 2 is 1.00 bits per heavy atom. The third kappa shape index (κ3) is 3.54. The van der Waals surface area contributed by atoms with Gasteiger partial charge in [0.1, 0.15) is 0 Å². The Hall–Kier alpha value is -3.68. The van der Waals surface area contributed by atoms with Crippen LogP contribution in [-0.4, -0.2) is 23.6 Å². The van der Waals surface area contributed by atoms with Crippen LogP contribution >= 0.6 is 0 Å². The summed E-state index contributed by atoms with van der Waals surface area (Å²) in [6.45, 7) is 1.68. The van der Waals surface area contributed by atoms with Crippen molar-refractivity contribution in [2.75, 3.05) is 0 Å². The molecule has 0 aromatic heterocycles. The summed E-state index contributed by atoms with van der Waals surface area (Å²) in [5.74, 6) is -3.39. The van der Waals surface area contributed by atoms with E-state index in [0.29, 0.717) is 11.1 Å². The van der Waals surface area contributed by atoms with Crippen molar-refractivity contribution in [2.45, 2.75) is 12.8 Å². The smallest absolute Gasteiger partial charge is 0.248 e. The molecular weight excluding hydrogens is 336 g/mol. The standard InChI is InChI=1S/C18H18N4O4/c1-8(13-6-9(15(19)23)2-4-11(13)17(21)25)14-7-10(16(20)24)3-5-12(14)18(22)26/h2-8H,1H3,(H2,19,23)(H2,20,24)(H2,21,25)(H2,22,26). The van der Waals surface area contributed by atoms with Crippen LogP contribution in [0.2, 0.25) is 0 Å². The van der Waals surface area contributed by atoms with E-state index in [1.165, 1.54) is 36.4 Å². The van der Waals surface area contributed by atoms with Gasteiger partial charge in [0.05, 0.1) is 0 Å². The lowest BCUT2D eigenvalue weighted by Gasteiger charge is -2.19. The molecule has 0 saturated heterocycles. The highest BCUT2D eigenvalue weighted by molar-refractivity contribution is 6.00. The largest absolute Gasteiger partial charge is 0.366 e. The van der Waals surface area contributed by atoms with Crippen LogP contribution in [0.1, 0.15) is 65.4 Å². The van der Waals surface area contributed by atoms with Crippen molar-refractivity contribution in [3.05, 3.63) is 69.8 Å². The van der Waals surface area contributed by atoms with Crippen molar-refractivity contribution in [3.63, 3.8) is 0 Å². The third-order valence-electron chi connectivity index (χ3n) is 4.14. The molecule has 0 atom stereocenters. The summed E-state index contributed by atoms with van der Waals surface area (Å²) >= 11 is 0. The van der Waals surface area contributed by atoms with Gasteiger partial charge in [-0.1, -0.05) is 6.92 Å². The maximum atomic E-state index is 11.8. The van der Waals surface area contributed by atoms with E-state index >= 15 is 0 Å². The molecule has 0 spiro atoms. The molecule has 2 aromatic carbocycles. The molecular formula is C18H18N4O4. The molecule has 0 saturated carbocycles. The number of nitrogens with two attached hydrogens (primary N) is 4. The van der Waals surface area contributed by atoms with E-state index in [4.69, 9.17) is 22.9 Å². The minimum absolute atomic E-state index is 0.155. The summed E-state index contributed by atoms with van der Waals surface area (Å²) in [7, 11) is 0. The minimum atomic E-state index is -0.713. The molecule has 4 amide bonds. The van der Waals surface area contributed by atoms with Gasteiger partial charge in [-0.05, 0) is 47.5 Å². The zero-order chi connectivity index (χ0) is 19.6. The van der Waals surface area contributed by atoms with E-state index in [1.54, 1.807) is 6.92 Å². The Balaban J connectivity index is 2.73. The molecule has 0 aliphatic heterocycles. The first kappa shape index (κ1) is 18.7. The van der Waals surface area contributed by atoms with E-state index in [0.717, 1.165) is 0 Å². The lowest BCUT2D eigenvalue weighted by molar-refractivity contribution is 0.0986. The second-order valence-corrected chi connectivity index (χ2v) is 5.78. The van der Waals surface area contributed by atoms with Gasteiger partial charge in [0.25, 0.3) is 0 Å². The van der Waals surface area contributed by atoms with Crippen molar-refractivity contribution in [1.29, 1.82) is 0 Å². The van der Waals surface area contributed by atoms with Crippen LogP contribution in [0.15, 0.2) is 36.4 Å². The number of carbonyl (C=O) groups excluding carboxylic acids is 4. The number of primary amides is 4. The number of carbonyl (C=O) groups is 4. The van der Waals surface area contributed by atoms with Crippen LogP contribution in [0.25, 0.3) is 0 Å². The van der Waals surface area contributed by atoms with Gasteiger partial charge in [-0.25, -0.2) is 0 Å². The number of amides is 4. The summed E-state index contributed by atoms with van der Waals surface area (Å²) in [5.41, 5.74) is 22.8. The van der Waals surface area contributed by atoms with Gasteiger partial charge in [-0.15, -0.1) is 0 Å². The third-order valence-corrected chi connectivity index (χ3v) is 4.14. The zero-order valence-electron chi connectivity index (χ0n) is 14.0. The molecule has 2 rings (SSSR count). The van der Waals surface area contributed by atoms with Crippen LogP contribution in [0, 0.1) is 0 Å². The Bertz CT molecular complexity index is 861. The minimum Gasteiger partial charge on any atom is -0.366 e. The predicted octanol–water partition coefficient (Wildman–Crippen LogP) is 0.234. The second kappa shape index (κ2) is 7.06. The van der Waals surface area contributed by atoms with E-state index in [9.17, 15) is 19.2 Å². The van der Waals surface area contributed by atoms with E-state index < -0.39 is 29.5 Å². The van der Waals surface area contributed by atoms with Crippen molar-refractivity contribution in [2.24, 2.45) is 22.9 Å². The number of rotatable bonds is 6. The SMILES string of the molecule is CC(c1cc(C(N)=O)ccc1C(N)=O)c1cc(C(N)=O)ccc1C(N)=O. The number of benzene rings is 2. The van der Waals surface area contributed by atoms with Gasteiger partial charge >= 0.3 is 0 Å². The number of hydrogen-bond acceptors (Lipinski definition) is 4. The van der Waals surface area contributed by atoms with Crippen molar-refractivity contribution in [1.82, 2.24) is 0 Å².